The summed E-state index contributed by atoms with van der Waals surface area (Å²) in [7, 11) is 1.48. The summed E-state index contributed by atoms with van der Waals surface area (Å²) in [5.74, 6) is -0.387. The molecule has 2 heterocycles. The lowest BCUT2D eigenvalue weighted by Gasteiger charge is -2.06. The number of benzene rings is 2. The summed E-state index contributed by atoms with van der Waals surface area (Å²) in [5, 5.41) is 4.27. The Morgan fingerprint density at radius 3 is 2.93 bits per heavy atom. The number of nitrogens with zero attached hydrogens (tertiary/aromatic N) is 1. The number of carbonyl (C=O) groups is 1. The van der Waals surface area contributed by atoms with Gasteiger partial charge in [0.25, 0.3) is 5.91 Å². The molecule has 4 rings (SSSR count). The maximum Gasteiger partial charge on any atom is 0.275 e. The topological polar surface area (TPSA) is 67.0 Å². The average Bonchev–Trinajstić information content (AvgIpc) is 3.27. The predicted octanol–water partition coefficient (Wildman–Crippen LogP) is 5.00. The van der Waals surface area contributed by atoms with Gasteiger partial charge in [-0.1, -0.05) is 6.07 Å². The van der Waals surface area contributed by atoms with E-state index in [9.17, 15) is 9.18 Å². The van der Waals surface area contributed by atoms with Gasteiger partial charge in [0.15, 0.2) is 0 Å². The standard InChI is InChI=1S/C20H16FN3O2S/c1-11-18(19(25)23-13-6-7-15-12(10-13)8-9-22-15)24-20(27-11)17-14(21)4-3-5-16(17)26-2/h3-10,22H,1-2H3,(H,23,25). The number of aromatic nitrogens is 2. The first kappa shape index (κ1) is 17.2. The van der Waals surface area contributed by atoms with Gasteiger partial charge in [0, 0.05) is 27.7 Å². The molecule has 7 heteroatoms. The van der Waals surface area contributed by atoms with Gasteiger partial charge < -0.3 is 15.0 Å². The number of aromatic amines is 1. The van der Waals surface area contributed by atoms with Crippen molar-refractivity contribution in [3.63, 3.8) is 0 Å². The Labute approximate surface area is 158 Å². The van der Waals surface area contributed by atoms with Crippen LogP contribution in [0.1, 0.15) is 15.4 Å². The van der Waals surface area contributed by atoms with Gasteiger partial charge in [0.1, 0.15) is 22.3 Å². The Morgan fingerprint density at radius 1 is 1.26 bits per heavy atom. The number of halogens is 1. The number of fused-ring (bicyclic) bond motifs is 1. The van der Waals surface area contributed by atoms with E-state index in [1.165, 1.54) is 24.5 Å². The SMILES string of the molecule is COc1cccc(F)c1-c1nc(C(=O)Nc2ccc3[nH]ccc3c2)c(C)s1. The molecule has 4 aromatic rings. The van der Waals surface area contributed by atoms with E-state index >= 15 is 0 Å². The van der Waals surface area contributed by atoms with Crippen LogP contribution >= 0.6 is 11.3 Å². The smallest absolute Gasteiger partial charge is 0.275 e. The number of hydrogen-bond donors (Lipinski definition) is 2. The minimum Gasteiger partial charge on any atom is -0.496 e. The lowest BCUT2D eigenvalue weighted by molar-refractivity contribution is 0.102. The first-order valence-electron chi connectivity index (χ1n) is 8.25. The van der Waals surface area contributed by atoms with Crippen LogP contribution in [-0.4, -0.2) is 23.0 Å². The van der Waals surface area contributed by atoms with E-state index in [4.69, 9.17) is 4.74 Å². The van der Waals surface area contributed by atoms with Crippen LogP contribution in [0.15, 0.2) is 48.7 Å². The molecule has 136 valence electrons. The number of H-pyrrole nitrogens is 1. The van der Waals surface area contributed by atoms with Crippen LogP contribution in [0.3, 0.4) is 0 Å². The van der Waals surface area contributed by atoms with Crippen molar-refractivity contribution in [1.29, 1.82) is 0 Å². The maximum absolute atomic E-state index is 14.3. The van der Waals surface area contributed by atoms with Crippen LogP contribution in [-0.2, 0) is 0 Å². The molecule has 0 saturated carbocycles. The highest BCUT2D eigenvalue weighted by Crippen LogP contribution is 2.36. The molecule has 0 spiro atoms. The zero-order valence-electron chi connectivity index (χ0n) is 14.7. The number of nitrogens with one attached hydrogen (secondary N) is 2. The number of anilines is 1. The van der Waals surface area contributed by atoms with Crippen LogP contribution in [0.2, 0.25) is 0 Å². The van der Waals surface area contributed by atoms with Crippen molar-refractivity contribution >= 4 is 33.8 Å². The molecular formula is C20H16FN3O2S. The van der Waals surface area contributed by atoms with E-state index in [0.717, 1.165) is 10.9 Å². The van der Waals surface area contributed by atoms with Crippen molar-refractivity contribution in [1.82, 2.24) is 9.97 Å². The third-order valence-electron chi connectivity index (χ3n) is 4.23. The molecule has 0 fully saturated rings. The first-order valence-corrected chi connectivity index (χ1v) is 9.07. The summed E-state index contributed by atoms with van der Waals surface area (Å²) in [6.45, 7) is 1.79. The first-order chi connectivity index (χ1) is 13.1. The Balaban J connectivity index is 1.66. The Hall–Kier alpha value is -3.19. The molecule has 1 amide bonds. The number of hydrogen-bond acceptors (Lipinski definition) is 4. The van der Waals surface area contributed by atoms with Gasteiger partial charge in [0.2, 0.25) is 0 Å². The second-order valence-electron chi connectivity index (χ2n) is 5.97. The maximum atomic E-state index is 14.3. The summed E-state index contributed by atoms with van der Waals surface area (Å²) in [4.78, 5) is 20.9. The minimum absolute atomic E-state index is 0.265. The summed E-state index contributed by atoms with van der Waals surface area (Å²) in [6, 6.07) is 12.1. The lowest BCUT2D eigenvalue weighted by Crippen LogP contribution is -2.13. The molecule has 5 nitrogen and oxygen atoms in total. The Morgan fingerprint density at radius 2 is 2.11 bits per heavy atom. The van der Waals surface area contributed by atoms with Gasteiger partial charge in [0.05, 0.1) is 12.7 Å². The van der Waals surface area contributed by atoms with Crippen LogP contribution in [0, 0.1) is 12.7 Å². The lowest BCUT2D eigenvalue weighted by atomic mass is 10.2. The monoisotopic (exact) mass is 381 g/mol. The number of rotatable bonds is 4. The number of carbonyl (C=O) groups excluding carboxylic acids is 1. The molecule has 2 N–H and O–H groups in total. The van der Waals surface area contributed by atoms with Gasteiger partial charge in [-0.2, -0.15) is 0 Å². The number of ether oxygens (including phenoxy) is 1. The van der Waals surface area contributed by atoms with Crippen molar-refractivity contribution in [2.24, 2.45) is 0 Å². The fourth-order valence-corrected chi connectivity index (χ4v) is 3.88. The molecule has 0 aliphatic heterocycles. The van der Waals surface area contributed by atoms with Crippen LogP contribution in [0.4, 0.5) is 10.1 Å². The zero-order valence-corrected chi connectivity index (χ0v) is 15.5. The van der Waals surface area contributed by atoms with E-state index in [0.29, 0.717) is 21.3 Å². The third-order valence-corrected chi connectivity index (χ3v) is 5.22. The molecule has 0 aliphatic rings. The Bertz CT molecular complexity index is 1150. The van der Waals surface area contributed by atoms with E-state index in [-0.39, 0.29) is 17.2 Å². The quantitative estimate of drug-likeness (QED) is 0.523. The van der Waals surface area contributed by atoms with Crippen molar-refractivity contribution < 1.29 is 13.9 Å². The van der Waals surface area contributed by atoms with Crippen LogP contribution in [0.5, 0.6) is 5.75 Å². The number of methoxy groups -OCH3 is 1. The molecule has 27 heavy (non-hydrogen) atoms. The van der Waals surface area contributed by atoms with Gasteiger partial charge in [-0.25, -0.2) is 9.37 Å². The highest BCUT2D eigenvalue weighted by Gasteiger charge is 2.21. The fraction of sp³-hybridized carbons (Fsp3) is 0.100. The highest BCUT2D eigenvalue weighted by molar-refractivity contribution is 7.15. The van der Waals surface area contributed by atoms with E-state index in [2.05, 4.69) is 15.3 Å². The molecule has 0 aliphatic carbocycles. The summed E-state index contributed by atoms with van der Waals surface area (Å²) in [6.07, 6.45) is 1.84. The van der Waals surface area contributed by atoms with Crippen LogP contribution < -0.4 is 10.1 Å². The molecular weight excluding hydrogens is 365 g/mol. The van der Waals surface area contributed by atoms with E-state index < -0.39 is 5.82 Å². The van der Waals surface area contributed by atoms with Crippen molar-refractivity contribution in [2.45, 2.75) is 6.92 Å². The molecule has 2 aromatic carbocycles. The fourth-order valence-electron chi connectivity index (χ4n) is 2.92. The summed E-state index contributed by atoms with van der Waals surface area (Å²) < 4.78 is 19.6. The molecule has 0 radical (unpaired) electrons. The molecule has 0 atom stereocenters. The molecule has 2 aromatic heterocycles. The number of aryl methyl sites for hydroxylation is 1. The number of thiazole rings is 1. The van der Waals surface area contributed by atoms with Gasteiger partial charge >= 0.3 is 0 Å². The Kier molecular flexibility index (Phi) is 4.37. The highest BCUT2D eigenvalue weighted by atomic mass is 32.1. The summed E-state index contributed by atoms with van der Waals surface area (Å²) in [5.41, 5.74) is 2.20. The minimum atomic E-state index is -0.437. The summed E-state index contributed by atoms with van der Waals surface area (Å²) >= 11 is 1.26. The van der Waals surface area contributed by atoms with Gasteiger partial charge in [-0.05, 0) is 43.3 Å². The van der Waals surface area contributed by atoms with E-state index in [1.807, 2.05) is 30.5 Å². The van der Waals surface area contributed by atoms with Crippen LogP contribution in [0.25, 0.3) is 21.5 Å². The van der Waals surface area contributed by atoms with Crippen molar-refractivity contribution in [3.05, 3.63) is 65.0 Å². The third kappa shape index (κ3) is 3.17. The van der Waals surface area contributed by atoms with E-state index in [1.54, 1.807) is 19.1 Å². The average molecular weight is 381 g/mol. The number of amides is 1. The second-order valence-corrected chi connectivity index (χ2v) is 7.18. The normalized spacial score (nSPS) is 10.9. The second kappa shape index (κ2) is 6.85. The largest absolute Gasteiger partial charge is 0.496 e. The predicted molar refractivity (Wildman–Crippen MR) is 105 cm³/mol. The molecule has 0 unspecified atom stereocenters. The van der Waals surface area contributed by atoms with Crippen molar-refractivity contribution in [2.75, 3.05) is 12.4 Å². The van der Waals surface area contributed by atoms with Gasteiger partial charge in [-0.15, -0.1) is 11.3 Å². The van der Waals surface area contributed by atoms with Gasteiger partial charge in [-0.3, -0.25) is 4.79 Å². The molecule has 0 bridgehead atoms. The molecule has 0 saturated heterocycles. The van der Waals surface area contributed by atoms with Crippen molar-refractivity contribution in [3.8, 4) is 16.3 Å². The zero-order chi connectivity index (χ0) is 19.0.